The van der Waals surface area contributed by atoms with Gasteiger partial charge in [-0.3, -0.25) is 4.99 Å². The molecule has 0 aromatic heterocycles. The van der Waals surface area contributed by atoms with E-state index in [-0.39, 0.29) is 11.8 Å². The number of hydrogen-bond acceptors (Lipinski definition) is 4. The van der Waals surface area contributed by atoms with Gasteiger partial charge in [-0.2, -0.15) is 10.5 Å². The summed E-state index contributed by atoms with van der Waals surface area (Å²) >= 11 is 11.7. The second kappa shape index (κ2) is 6.37. The molecular weight excluding hydrogens is 271 g/mol. The van der Waals surface area contributed by atoms with Crippen LogP contribution in [0.5, 0.6) is 0 Å². The molecular formula is C12H10Cl2N4. The van der Waals surface area contributed by atoms with Crippen LogP contribution >= 0.6 is 23.2 Å². The number of nitrogens with zero attached hydrogens (tertiary/aromatic N) is 3. The first kappa shape index (κ1) is 14.5. The zero-order chi connectivity index (χ0) is 13.7. The Morgan fingerprint density at radius 1 is 1.33 bits per heavy atom. The van der Waals surface area contributed by atoms with Gasteiger partial charge in [-0.15, -0.1) is 0 Å². The van der Waals surface area contributed by atoms with Crippen LogP contribution in [0.25, 0.3) is 0 Å². The maximum absolute atomic E-state index is 8.86. The van der Waals surface area contributed by atoms with Crippen LogP contribution in [0.15, 0.2) is 23.2 Å². The summed E-state index contributed by atoms with van der Waals surface area (Å²) in [5.41, 5.74) is 6.24. The molecule has 1 aromatic rings. The molecule has 0 saturated carbocycles. The maximum Gasteiger partial charge on any atom is 0.145 e. The Balaban J connectivity index is 3.04. The fraction of sp³-hybridized carbons (Fsp3) is 0.250. The minimum Gasteiger partial charge on any atom is -0.310 e. The van der Waals surface area contributed by atoms with Gasteiger partial charge < -0.3 is 5.73 Å². The van der Waals surface area contributed by atoms with E-state index in [9.17, 15) is 0 Å². The van der Waals surface area contributed by atoms with Crippen LogP contribution in [0.4, 0.5) is 0 Å². The smallest absolute Gasteiger partial charge is 0.145 e. The minimum atomic E-state index is -1.01. The molecule has 92 valence electrons. The van der Waals surface area contributed by atoms with Gasteiger partial charge in [0.1, 0.15) is 17.8 Å². The number of aliphatic imine (C=N–C) groups is 1. The monoisotopic (exact) mass is 280 g/mol. The maximum atomic E-state index is 8.86. The van der Waals surface area contributed by atoms with E-state index in [1.807, 2.05) is 6.07 Å². The molecule has 2 N–H and O–H groups in total. The van der Waals surface area contributed by atoms with E-state index < -0.39 is 6.04 Å². The van der Waals surface area contributed by atoms with Crippen molar-refractivity contribution in [3.63, 3.8) is 0 Å². The van der Waals surface area contributed by atoms with Crippen LogP contribution < -0.4 is 5.73 Å². The summed E-state index contributed by atoms with van der Waals surface area (Å²) < 4.78 is 0. The zero-order valence-corrected chi connectivity index (χ0v) is 11.1. The van der Waals surface area contributed by atoms with Crippen molar-refractivity contribution in [1.29, 1.82) is 10.5 Å². The number of hydrogen-bond donors (Lipinski definition) is 1. The summed E-state index contributed by atoms with van der Waals surface area (Å²) in [6, 6.07) is 7.34. The van der Waals surface area contributed by atoms with Crippen LogP contribution in [0.1, 0.15) is 18.5 Å². The van der Waals surface area contributed by atoms with Crippen LogP contribution in [-0.2, 0) is 0 Å². The fourth-order valence-corrected chi connectivity index (χ4v) is 1.60. The molecule has 0 saturated heterocycles. The third-order valence-electron chi connectivity index (χ3n) is 2.31. The predicted octanol–water partition coefficient (Wildman–Crippen LogP) is 2.87. The van der Waals surface area contributed by atoms with Crippen molar-refractivity contribution in [2.75, 3.05) is 0 Å². The lowest BCUT2D eigenvalue weighted by Crippen LogP contribution is -2.27. The van der Waals surface area contributed by atoms with Gasteiger partial charge in [0.05, 0.1) is 22.2 Å². The van der Waals surface area contributed by atoms with Gasteiger partial charge in [0.25, 0.3) is 0 Å². The lowest BCUT2D eigenvalue weighted by molar-refractivity contribution is 0.813. The fourth-order valence-electron chi connectivity index (χ4n) is 1.30. The first-order valence-corrected chi connectivity index (χ1v) is 5.83. The average Bonchev–Trinajstić information content (AvgIpc) is 2.37. The normalized spacial score (nSPS) is 14.4. The molecule has 18 heavy (non-hydrogen) atoms. The summed E-state index contributed by atoms with van der Waals surface area (Å²) in [4.78, 5) is 4.11. The third kappa shape index (κ3) is 3.45. The molecule has 6 heteroatoms. The highest BCUT2D eigenvalue weighted by atomic mass is 35.5. The summed E-state index contributed by atoms with van der Waals surface area (Å²) in [5, 5.41) is 18.4. The number of rotatable bonds is 3. The topological polar surface area (TPSA) is 86.0 Å². The van der Waals surface area contributed by atoms with E-state index in [1.54, 1.807) is 31.2 Å². The molecule has 2 atom stereocenters. The molecule has 0 amide bonds. The highest BCUT2D eigenvalue weighted by molar-refractivity contribution is 6.42. The van der Waals surface area contributed by atoms with Crippen molar-refractivity contribution in [3.05, 3.63) is 33.8 Å². The van der Waals surface area contributed by atoms with Crippen LogP contribution in [0.2, 0.25) is 10.0 Å². The number of nitriles is 2. The van der Waals surface area contributed by atoms with Gasteiger partial charge in [-0.1, -0.05) is 29.3 Å². The van der Waals surface area contributed by atoms with Crippen molar-refractivity contribution < 1.29 is 0 Å². The number of benzene rings is 1. The Morgan fingerprint density at radius 3 is 2.50 bits per heavy atom. The van der Waals surface area contributed by atoms with Crippen molar-refractivity contribution in [2.24, 2.45) is 10.7 Å². The highest BCUT2D eigenvalue weighted by Crippen LogP contribution is 2.27. The summed E-state index contributed by atoms with van der Waals surface area (Å²) in [7, 11) is 0. The largest absolute Gasteiger partial charge is 0.310 e. The van der Waals surface area contributed by atoms with Crippen LogP contribution in [0, 0.1) is 22.7 Å². The minimum absolute atomic E-state index is 0.00364. The van der Waals surface area contributed by atoms with Gasteiger partial charge in [0, 0.05) is 0 Å². The molecule has 0 heterocycles. The first-order valence-electron chi connectivity index (χ1n) is 5.07. The predicted molar refractivity (Wildman–Crippen MR) is 71.5 cm³/mol. The SMILES string of the molecule is CC(N=C(C#N)C(N)C#N)c1ccc(Cl)c(Cl)c1. The molecule has 1 rings (SSSR count). The average molecular weight is 281 g/mol. The van der Waals surface area contributed by atoms with E-state index >= 15 is 0 Å². The quantitative estimate of drug-likeness (QED) is 0.864. The van der Waals surface area contributed by atoms with E-state index in [1.165, 1.54) is 0 Å². The first-order chi connectivity index (χ1) is 8.49. The summed E-state index contributed by atoms with van der Waals surface area (Å²) in [6.45, 7) is 1.78. The molecule has 2 unspecified atom stereocenters. The number of nitrogens with two attached hydrogens (primary N) is 1. The van der Waals surface area contributed by atoms with E-state index in [0.29, 0.717) is 10.0 Å². The van der Waals surface area contributed by atoms with E-state index in [2.05, 4.69) is 4.99 Å². The standard InChI is InChI=1S/C12H10Cl2N4/c1-7(18-12(6-16)11(17)5-15)8-2-3-9(13)10(14)4-8/h2-4,7,11H,17H2,1H3. The van der Waals surface area contributed by atoms with Gasteiger partial charge in [0.15, 0.2) is 0 Å². The Kier molecular flexibility index (Phi) is 5.12. The lowest BCUT2D eigenvalue weighted by Gasteiger charge is -2.09. The van der Waals surface area contributed by atoms with Gasteiger partial charge >= 0.3 is 0 Å². The van der Waals surface area contributed by atoms with Crippen molar-refractivity contribution in [1.82, 2.24) is 0 Å². The molecule has 0 aliphatic heterocycles. The Bertz CT molecular complexity index is 554. The molecule has 4 nitrogen and oxygen atoms in total. The Morgan fingerprint density at radius 2 is 2.00 bits per heavy atom. The van der Waals surface area contributed by atoms with Crippen LogP contribution in [-0.4, -0.2) is 11.8 Å². The molecule has 0 bridgehead atoms. The highest BCUT2D eigenvalue weighted by Gasteiger charge is 2.13. The van der Waals surface area contributed by atoms with E-state index in [4.69, 9.17) is 39.5 Å². The van der Waals surface area contributed by atoms with E-state index in [0.717, 1.165) is 5.56 Å². The molecule has 1 aromatic carbocycles. The Hall–Kier alpha value is -1.59. The molecule has 0 spiro atoms. The lowest BCUT2D eigenvalue weighted by atomic mass is 10.1. The molecule has 0 aliphatic carbocycles. The second-order valence-corrected chi connectivity index (χ2v) is 4.40. The van der Waals surface area contributed by atoms with Crippen molar-refractivity contribution in [3.8, 4) is 12.1 Å². The molecule has 0 fully saturated rings. The summed E-state index contributed by atoms with van der Waals surface area (Å²) in [5.74, 6) is 0. The Labute approximate surface area is 115 Å². The zero-order valence-electron chi connectivity index (χ0n) is 9.56. The molecule has 0 aliphatic rings. The van der Waals surface area contributed by atoms with Gasteiger partial charge in [-0.25, -0.2) is 0 Å². The third-order valence-corrected chi connectivity index (χ3v) is 3.05. The van der Waals surface area contributed by atoms with Crippen molar-refractivity contribution >= 4 is 28.9 Å². The van der Waals surface area contributed by atoms with Gasteiger partial charge in [-0.05, 0) is 24.6 Å². The van der Waals surface area contributed by atoms with Crippen molar-refractivity contribution in [2.45, 2.75) is 19.0 Å². The second-order valence-electron chi connectivity index (χ2n) is 3.58. The molecule has 0 radical (unpaired) electrons. The van der Waals surface area contributed by atoms with Crippen LogP contribution in [0.3, 0.4) is 0 Å². The number of halogens is 2. The van der Waals surface area contributed by atoms with Gasteiger partial charge in [0.2, 0.25) is 0 Å². The summed E-state index contributed by atoms with van der Waals surface area (Å²) in [6.07, 6.45) is 0.